The molecular formula is C25H29N5O5S2. The fourth-order valence-electron chi connectivity index (χ4n) is 4.31. The van der Waals surface area contributed by atoms with Crippen LogP contribution in [0.25, 0.3) is 11.7 Å². The number of pyridine rings is 1. The molecule has 0 radical (unpaired) electrons. The quantitative estimate of drug-likeness (QED) is 0.319. The van der Waals surface area contributed by atoms with Gasteiger partial charge in [0.25, 0.3) is 11.5 Å². The number of anilines is 1. The van der Waals surface area contributed by atoms with Crippen molar-refractivity contribution in [2.45, 2.75) is 52.6 Å². The molecule has 2 atom stereocenters. The number of fused-ring (bicyclic) bond motifs is 1. The van der Waals surface area contributed by atoms with Crippen molar-refractivity contribution in [3.8, 4) is 0 Å². The van der Waals surface area contributed by atoms with Crippen molar-refractivity contribution < 1.29 is 19.1 Å². The Morgan fingerprint density at radius 2 is 2.08 bits per heavy atom. The van der Waals surface area contributed by atoms with Crippen LogP contribution in [0.1, 0.15) is 44.7 Å². The minimum atomic E-state index is -0.922. The SMILES string of the molecule is CCOC(=O)C[C@@H]1C(=O)NCCN1c1nc2ccc(C)cn2c(=O)c1/C=C1\SC(=S)N([C@@H](C)CC)C1=O. The summed E-state index contributed by atoms with van der Waals surface area (Å²) in [5, 5.41) is 2.77. The fourth-order valence-corrected chi connectivity index (χ4v) is 5.76. The van der Waals surface area contributed by atoms with Gasteiger partial charge in [0, 0.05) is 25.3 Å². The number of thioether (sulfide) groups is 1. The Labute approximate surface area is 224 Å². The van der Waals surface area contributed by atoms with Gasteiger partial charge in [0.05, 0.1) is 23.5 Å². The number of carbonyl (C=O) groups excluding carboxylic acids is 3. The molecule has 2 aliphatic heterocycles. The third-order valence-corrected chi connectivity index (χ3v) is 7.71. The van der Waals surface area contributed by atoms with Crippen LogP contribution in [0, 0.1) is 6.92 Å². The predicted octanol–water partition coefficient (Wildman–Crippen LogP) is 2.26. The molecule has 4 rings (SSSR count). The molecule has 4 heterocycles. The third-order valence-electron chi connectivity index (χ3n) is 6.38. The average molecular weight is 544 g/mol. The van der Waals surface area contributed by atoms with Gasteiger partial charge in [0.15, 0.2) is 0 Å². The molecule has 196 valence electrons. The Balaban J connectivity index is 1.89. The van der Waals surface area contributed by atoms with Gasteiger partial charge < -0.3 is 15.0 Å². The number of hydrogen-bond acceptors (Lipinski definition) is 9. The van der Waals surface area contributed by atoms with Crippen LogP contribution in [0.15, 0.2) is 28.0 Å². The zero-order chi connectivity index (χ0) is 26.9. The summed E-state index contributed by atoms with van der Waals surface area (Å²) >= 11 is 6.59. The first-order valence-corrected chi connectivity index (χ1v) is 13.4. The highest BCUT2D eigenvalue weighted by molar-refractivity contribution is 8.26. The summed E-state index contributed by atoms with van der Waals surface area (Å²) in [4.78, 5) is 60.5. The van der Waals surface area contributed by atoms with E-state index < -0.39 is 17.6 Å². The largest absolute Gasteiger partial charge is 0.466 e. The molecule has 37 heavy (non-hydrogen) atoms. The normalized spacial score (nSPS) is 20.1. The monoisotopic (exact) mass is 543 g/mol. The van der Waals surface area contributed by atoms with Crippen molar-refractivity contribution in [1.29, 1.82) is 0 Å². The maximum atomic E-state index is 13.8. The van der Waals surface area contributed by atoms with Crippen LogP contribution < -0.4 is 15.8 Å². The standard InChI is InChI=1S/C25H29N5O5S2/c1-5-15(4)30-24(34)18(37-25(30)36)11-16-21(27-19-8-7-14(3)13-29(19)23(16)33)28-10-9-26-22(32)17(28)12-20(31)35-6-2/h7-8,11,13,15,17H,5-6,9-10,12H2,1-4H3,(H,26,32)/b18-11-/t15-,17+/m0/s1. The number of aryl methyl sites for hydroxylation is 1. The zero-order valence-electron chi connectivity index (χ0n) is 21.1. The number of amides is 2. The van der Waals surface area contributed by atoms with Gasteiger partial charge in [-0.3, -0.25) is 28.5 Å². The molecule has 10 nitrogen and oxygen atoms in total. The minimum Gasteiger partial charge on any atom is -0.466 e. The summed E-state index contributed by atoms with van der Waals surface area (Å²) in [5.41, 5.74) is 1.00. The van der Waals surface area contributed by atoms with Crippen LogP contribution in [-0.2, 0) is 19.1 Å². The van der Waals surface area contributed by atoms with Crippen molar-refractivity contribution in [3.63, 3.8) is 0 Å². The lowest BCUT2D eigenvalue weighted by atomic mass is 10.1. The first-order valence-electron chi connectivity index (χ1n) is 12.2. The molecule has 2 fully saturated rings. The van der Waals surface area contributed by atoms with E-state index in [1.807, 2.05) is 26.8 Å². The van der Waals surface area contributed by atoms with E-state index >= 15 is 0 Å². The molecule has 2 amide bonds. The van der Waals surface area contributed by atoms with E-state index in [4.69, 9.17) is 21.9 Å². The van der Waals surface area contributed by atoms with E-state index in [1.165, 1.54) is 10.5 Å². The molecule has 1 N–H and O–H groups in total. The minimum absolute atomic E-state index is 0.0869. The van der Waals surface area contributed by atoms with Crippen molar-refractivity contribution in [2.75, 3.05) is 24.6 Å². The van der Waals surface area contributed by atoms with E-state index in [1.54, 1.807) is 29.0 Å². The Hall–Kier alpha value is -3.25. The predicted molar refractivity (Wildman–Crippen MR) is 146 cm³/mol. The number of ether oxygens (including phenoxy) is 1. The summed E-state index contributed by atoms with van der Waals surface area (Å²) in [7, 11) is 0. The topological polar surface area (TPSA) is 113 Å². The summed E-state index contributed by atoms with van der Waals surface area (Å²) in [6.45, 7) is 8.25. The highest BCUT2D eigenvalue weighted by Gasteiger charge is 2.37. The van der Waals surface area contributed by atoms with Gasteiger partial charge >= 0.3 is 5.97 Å². The van der Waals surface area contributed by atoms with Crippen LogP contribution in [0.2, 0.25) is 0 Å². The van der Waals surface area contributed by atoms with Crippen molar-refractivity contribution >= 4 is 63.6 Å². The number of aromatic nitrogens is 2. The van der Waals surface area contributed by atoms with Gasteiger partial charge in [-0.25, -0.2) is 4.98 Å². The van der Waals surface area contributed by atoms with Crippen LogP contribution in [-0.4, -0.2) is 68.2 Å². The maximum absolute atomic E-state index is 13.8. The van der Waals surface area contributed by atoms with E-state index in [0.29, 0.717) is 28.0 Å². The number of piperazine rings is 1. The summed E-state index contributed by atoms with van der Waals surface area (Å²) in [5.74, 6) is -0.937. The molecule has 0 aromatic carbocycles. The second-order valence-electron chi connectivity index (χ2n) is 8.91. The third kappa shape index (κ3) is 5.26. The van der Waals surface area contributed by atoms with E-state index in [2.05, 4.69) is 5.32 Å². The molecule has 0 aliphatic carbocycles. The van der Waals surface area contributed by atoms with Crippen molar-refractivity contribution in [1.82, 2.24) is 19.6 Å². The molecule has 2 aromatic heterocycles. The van der Waals surface area contributed by atoms with Gasteiger partial charge in [0.1, 0.15) is 21.8 Å². The van der Waals surface area contributed by atoms with Crippen molar-refractivity contribution in [2.24, 2.45) is 0 Å². The second-order valence-corrected chi connectivity index (χ2v) is 10.6. The number of thiocarbonyl (C=S) groups is 1. The molecular weight excluding hydrogens is 514 g/mol. The van der Waals surface area contributed by atoms with Gasteiger partial charge in [0.2, 0.25) is 5.91 Å². The molecule has 0 bridgehead atoms. The number of nitrogens with zero attached hydrogens (tertiary/aromatic N) is 4. The Kier molecular flexibility index (Phi) is 7.98. The van der Waals surface area contributed by atoms with E-state index in [9.17, 15) is 19.2 Å². The molecule has 0 spiro atoms. The lowest BCUT2D eigenvalue weighted by Crippen LogP contribution is -2.57. The van der Waals surface area contributed by atoms with Gasteiger partial charge in [-0.1, -0.05) is 37.0 Å². The molecule has 12 heteroatoms. The Morgan fingerprint density at radius 1 is 1.32 bits per heavy atom. The van der Waals surface area contributed by atoms with Crippen LogP contribution in [0.4, 0.5) is 5.82 Å². The first kappa shape index (κ1) is 26.8. The van der Waals surface area contributed by atoms with Crippen LogP contribution in [0.5, 0.6) is 0 Å². The van der Waals surface area contributed by atoms with E-state index in [0.717, 1.165) is 23.7 Å². The number of carbonyl (C=O) groups is 3. The highest BCUT2D eigenvalue weighted by atomic mass is 32.2. The smallest absolute Gasteiger partial charge is 0.308 e. The number of rotatable bonds is 7. The Morgan fingerprint density at radius 3 is 2.78 bits per heavy atom. The lowest BCUT2D eigenvalue weighted by molar-refractivity contribution is -0.145. The number of nitrogens with one attached hydrogen (secondary N) is 1. The summed E-state index contributed by atoms with van der Waals surface area (Å²) in [6.07, 6.45) is 3.71. The van der Waals surface area contributed by atoms with Gasteiger partial charge in [-0.2, -0.15) is 0 Å². The van der Waals surface area contributed by atoms with Gasteiger partial charge in [-0.05, 0) is 44.9 Å². The highest BCUT2D eigenvalue weighted by Crippen LogP contribution is 2.35. The maximum Gasteiger partial charge on any atom is 0.308 e. The lowest BCUT2D eigenvalue weighted by Gasteiger charge is -2.36. The number of hydrogen-bond donors (Lipinski definition) is 1. The Bertz CT molecular complexity index is 1370. The summed E-state index contributed by atoms with van der Waals surface area (Å²) < 4.78 is 6.93. The average Bonchev–Trinajstić information content (AvgIpc) is 3.14. The zero-order valence-corrected chi connectivity index (χ0v) is 22.8. The first-order chi connectivity index (χ1) is 17.7. The van der Waals surface area contributed by atoms with E-state index in [-0.39, 0.29) is 42.3 Å². The molecule has 0 unspecified atom stereocenters. The molecule has 2 saturated heterocycles. The van der Waals surface area contributed by atoms with Crippen LogP contribution >= 0.6 is 24.0 Å². The molecule has 0 saturated carbocycles. The number of esters is 1. The fraction of sp³-hybridized carbons (Fsp3) is 0.440. The van der Waals surface area contributed by atoms with Crippen LogP contribution in [0.3, 0.4) is 0 Å². The van der Waals surface area contributed by atoms with Crippen molar-refractivity contribution in [3.05, 3.63) is 44.7 Å². The summed E-state index contributed by atoms with van der Waals surface area (Å²) in [6, 6.07) is 2.55. The molecule has 2 aliphatic rings. The van der Waals surface area contributed by atoms with Gasteiger partial charge in [-0.15, -0.1) is 0 Å². The second kappa shape index (κ2) is 11.0. The molecule has 2 aromatic rings.